The number of para-hydroxylation sites is 1. The molecule has 4 heteroatoms. The lowest BCUT2D eigenvalue weighted by Gasteiger charge is -2.14. The summed E-state index contributed by atoms with van der Waals surface area (Å²) < 4.78 is 2.34. The molecular weight excluding hydrogens is 669 g/mol. The first-order chi connectivity index (χ1) is 27.3. The van der Waals surface area contributed by atoms with Crippen LogP contribution in [0.4, 0.5) is 0 Å². The number of hydrogen-bond donors (Lipinski definition) is 0. The van der Waals surface area contributed by atoms with Crippen LogP contribution in [0, 0.1) is 0 Å². The highest BCUT2D eigenvalue weighted by Gasteiger charge is 2.17. The summed E-state index contributed by atoms with van der Waals surface area (Å²) in [5.41, 5.74) is 13.2. The van der Waals surface area contributed by atoms with Crippen molar-refractivity contribution in [1.29, 1.82) is 0 Å². The first-order valence-corrected chi connectivity index (χ1v) is 18.5. The maximum Gasteiger partial charge on any atom is 0.164 e. The van der Waals surface area contributed by atoms with Gasteiger partial charge in [0.15, 0.2) is 17.5 Å². The average molecular weight is 703 g/mol. The lowest BCUT2D eigenvalue weighted by Crippen LogP contribution is -2.01. The van der Waals surface area contributed by atoms with Gasteiger partial charge in [0.2, 0.25) is 0 Å². The van der Waals surface area contributed by atoms with Crippen LogP contribution in [0.15, 0.2) is 206 Å². The summed E-state index contributed by atoms with van der Waals surface area (Å²) in [5, 5.41) is 2.45. The number of nitrogens with zero attached hydrogens (tertiary/aromatic N) is 4. The summed E-state index contributed by atoms with van der Waals surface area (Å²) in [4.78, 5) is 15.3. The van der Waals surface area contributed by atoms with Crippen LogP contribution in [0.1, 0.15) is 0 Å². The Morgan fingerprint density at radius 3 is 1.36 bits per heavy atom. The maximum absolute atomic E-state index is 5.14. The number of fused-ring (bicyclic) bond motifs is 3. The van der Waals surface area contributed by atoms with Crippen LogP contribution in [0.3, 0.4) is 0 Å². The second-order valence-corrected chi connectivity index (χ2v) is 13.7. The van der Waals surface area contributed by atoms with Crippen LogP contribution >= 0.6 is 0 Å². The second-order valence-electron chi connectivity index (χ2n) is 13.7. The van der Waals surface area contributed by atoms with Crippen molar-refractivity contribution in [2.45, 2.75) is 0 Å². The van der Waals surface area contributed by atoms with Gasteiger partial charge < -0.3 is 4.57 Å². The molecule has 0 radical (unpaired) electrons. The predicted molar refractivity (Wildman–Crippen MR) is 227 cm³/mol. The third kappa shape index (κ3) is 6.06. The van der Waals surface area contributed by atoms with Gasteiger partial charge in [-0.15, -0.1) is 0 Å². The molecule has 0 amide bonds. The average Bonchev–Trinajstić information content (AvgIpc) is 3.61. The van der Waals surface area contributed by atoms with E-state index in [-0.39, 0.29) is 0 Å². The van der Waals surface area contributed by atoms with Gasteiger partial charge >= 0.3 is 0 Å². The van der Waals surface area contributed by atoms with E-state index >= 15 is 0 Å². The number of benzene rings is 8. The van der Waals surface area contributed by atoms with E-state index in [1.807, 2.05) is 36.4 Å². The lowest BCUT2D eigenvalue weighted by atomic mass is 9.92. The first-order valence-electron chi connectivity index (χ1n) is 18.5. The molecule has 55 heavy (non-hydrogen) atoms. The third-order valence-corrected chi connectivity index (χ3v) is 10.3. The SMILES string of the molecule is c1ccc(-c2ccc3c(c2)c2ccccc2n3-c2ccc(-c3nc(-c4ccccc4)nc(-c4ccc(-c5ccccc5)c(-c5ccccc5)c4)n3)cc2)cc1. The van der Waals surface area contributed by atoms with Gasteiger partial charge in [-0.05, 0) is 81.9 Å². The molecule has 0 saturated heterocycles. The van der Waals surface area contributed by atoms with E-state index in [2.05, 4.69) is 174 Å². The fourth-order valence-electron chi connectivity index (χ4n) is 7.58. The number of aromatic nitrogens is 4. The van der Waals surface area contributed by atoms with E-state index in [1.165, 1.54) is 21.9 Å². The van der Waals surface area contributed by atoms with Gasteiger partial charge in [-0.2, -0.15) is 0 Å². The van der Waals surface area contributed by atoms with Crippen LogP contribution in [0.2, 0.25) is 0 Å². The Labute approximate surface area is 319 Å². The Morgan fingerprint density at radius 2 is 0.727 bits per heavy atom. The maximum atomic E-state index is 5.14. The molecule has 0 spiro atoms. The molecule has 2 heterocycles. The van der Waals surface area contributed by atoms with Gasteiger partial charge in [0.25, 0.3) is 0 Å². The summed E-state index contributed by atoms with van der Waals surface area (Å²) in [5.74, 6) is 1.88. The number of hydrogen-bond acceptors (Lipinski definition) is 3. The summed E-state index contributed by atoms with van der Waals surface area (Å²) in [6.07, 6.45) is 0. The summed E-state index contributed by atoms with van der Waals surface area (Å²) >= 11 is 0. The molecule has 0 unspecified atom stereocenters. The van der Waals surface area contributed by atoms with Crippen LogP contribution in [0.5, 0.6) is 0 Å². The lowest BCUT2D eigenvalue weighted by molar-refractivity contribution is 1.07. The van der Waals surface area contributed by atoms with Crippen molar-refractivity contribution in [3.05, 3.63) is 206 Å². The summed E-state index contributed by atoms with van der Waals surface area (Å²) in [6.45, 7) is 0. The molecular formula is C51H34N4. The van der Waals surface area contributed by atoms with Gasteiger partial charge in [0, 0.05) is 33.2 Å². The van der Waals surface area contributed by atoms with Gasteiger partial charge in [-0.3, -0.25) is 0 Å². The fraction of sp³-hybridized carbons (Fsp3) is 0. The highest BCUT2D eigenvalue weighted by molar-refractivity contribution is 6.10. The minimum atomic E-state index is 0.624. The van der Waals surface area contributed by atoms with Crippen molar-refractivity contribution < 1.29 is 0 Å². The molecule has 0 N–H and O–H groups in total. The molecule has 8 aromatic carbocycles. The Morgan fingerprint density at radius 1 is 0.273 bits per heavy atom. The molecule has 0 saturated carbocycles. The molecule has 0 fully saturated rings. The zero-order valence-electron chi connectivity index (χ0n) is 29.9. The van der Waals surface area contributed by atoms with Crippen molar-refractivity contribution in [3.8, 4) is 73.2 Å². The quantitative estimate of drug-likeness (QED) is 0.166. The van der Waals surface area contributed by atoms with E-state index in [0.717, 1.165) is 55.7 Å². The molecule has 10 aromatic rings. The van der Waals surface area contributed by atoms with E-state index in [4.69, 9.17) is 15.0 Å². The molecule has 0 aliphatic heterocycles. The number of rotatable bonds is 7. The van der Waals surface area contributed by atoms with Crippen LogP contribution in [0.25, 0.3) is 95.0 Å². The third-order valence-electron chi connectivity index (χ3n) is 10.3. The molecule has 0 aliphatic rings. The van der Waals surface area contributed by atoms with Gasteiger partial charge in [-0.1, -0.05) is 158 Å². The topological polar surface area (TPSA) is 43.6 Å². The van der Waals surface area contributed by atoms with Gasteiger partial charge in [0.1, 0.15) is 0 Å². The van der Waals surface area contributed by atoms with Crippen molar-refractivity contribution in [2.24, 2.45) is 0 Å². The zero-order chi connectivity index (χ0) is 36.6. The normalized spacial score (nSPS) is 11.3. The standard InChI is InChI=1S/C51H34N4/c1-5-15-35(16-6-1)40-28-32-48-46(33-40)44-23-13-14-24-47(44)55(48)42-29-25-39(26-30-42)50-52-49(38-21-11-4-12-22-38)53-51(54-50)41-27-31-43(36-17-7-2-8-18-36)45(34-41)37-19-9-3-10-20-37/h1-34H. The second kappa shape index (κ2) is 13.8. The molecule has 0 bridgehead atoms. The van der Waals surface area contributed by atoms with E-state index in [0.29, 0.717) is 17.5 Å². The summed E-state index contributed by atoms with van der Waals surface area (Å²) in [7, 11) is 0. The van der Waals surface area contributed by atoms with Crippen molar-refractivity contribution >= 4 is 21.8 Å². The smallest absolute Gasteiger partial charge is 0.164 e. The first kappa shape index (κ1) is 32.2. The van der Waals surface area contributed by atoms with Crippen molar-refractivity contribution in [2.75, 3.05) is 0 Å². The van der Waals surface area contributed by atoms with E-state index in [9.17, 15) is 0 Å². The van der Waals surface area contributed by atoms with Crippen LogP contribution in [-0.4, -0.2) is 19.5 Å². The Bertz CT molecular complexity index is 2940. The van der Waals surface area contributed by atoms with Crippen molar-refractivity contribution in [3.63, 3.8) is 0 Å². The molecule has 2 aromatic heterocycles. The highest BCUT2D eigenvalue weighted by atomic mass is 15.0. The monoisotopic (exact) mass is 702 g/mol. The van der Waals surface area contributed by atoms with E-state index < -0.39 is 0 Å². The molecule has 10 rings (SSSR count). The summed E-state index contributed by atoms with van der Waals surface area (Å²) in [6, 6.07) is 72.2. The van der Waals surface area contributed by atoms with Gasteiger partial charge in [0.05, 0.1) is 11.0 Å². The molecule has 0 atom stereocenters. The fourth-order valence-corrected chi connectivity index (χ4v) is 7.58. The minimum absolute atomic E-state index is 0.624. The highest BCUT2D eigenvalue weighted by Crippen LogP contribution is 2.37. The largest absolute Gasteiger partial charge is 0.309 e. The zero-order valence-corrected chi connectivity index (χ0v) is 29.9. The van der Waals surface area contributed by atoms with E-state index in [1.54, 1.807) is 0 Å². The van der Waals surface area contributed by atoms with Crippen LogP contribution in [-0.2, 0) is 0 Å². The van der Waals surface area contributed by atoms with Gasteiger partial charge in [-0.25, -0.2) is 15.0 Å². The minimum Gasteiger partial charge on any atom is -0.309 e. The Kier molecular flexibility index (Phi) is 8.12. The molecule has 258 valence electrons. The van der Waals surface area contributed by atoms with Crippen LogP contribution < -0.4 is 0 Å². The molecule has 0 aliphatic carbocycles. The molecule has 4 nitrogen and oxygen atoms in total. The predicted octanol–water partition coefficient (Wildman–Crippen LogP) is 13.0. The Hall–Kier alpha value is -7.43. The Balaban J connectivity index is 1.09. The van der Waals surface area contributed by atoms with Crippen molar-refractivity contribution in [1.82, 2.24) is 19.5 Å².